The lowest BCUT2D eigenvalue weighted by Crippen LogP contribution is -2.39. The molecule has 1 aliphatic heterocycles. The first-order valence-corrected chi connectivity index (χ1v) is 7.04. The smallest absolute Gasteiger partial charge is 0.251 e. The van der Waals surface area contributed by atoms with Gasteiger partial charge in [0.1, 0.15) is 0 Å². The third-order valence-electron chi connectivity index (χ3n) is 2.75. The number of carbonyl (C=O) groups is 1. The van der Waals surface area contributed by atoms with Crippen molar-refractivity contribution < 1.29 is 14.3 Å². The third kappa shape index (κ3) is 3.80. The molecule has 1 saturated heterocycles. The number of carbonyl (C=O) groups excluding carboxylic acids is 1. The van der Waals surface area contributed by atoms with Crippen molar-refractivity contribution >= 4 is 21.8 Å². The van der Waals surface area contributed by atoms with E-state index in [-0.39, 0.29) is 12.0 Å². The van der Waals surface area contributed by atoms with Gasteiger partial charge >= 0.3 is 0 Å². The summed E-state index contributed by atoms with van der Waals surface area (Å²) in [4.78, 5) is 11.9. The summed E-state index contributed by atoms with van der Waals surface area (Å²) in [5.74, 6) is -0.0784. The molecule has 0 bridgehead atoms. The number of hydrogen-bond acceptors (Lipinski definition) is 3. The molecule has 1 N–H and O–H groups in total. The topological polar surface area (TPSA) is 47.6 Å². The van der Waals surface area contributed by atoms with E-state index >= 15 is 0 Å². The molecule has 0 spiro atoms. The van der Waals surface area contributed by atoms with Gasteiger partial charge in [-0.1, -0.05) is 28.1 Å². The normalized spacial score (nSPS) is 19.5. The third-order valence-corrected chi connectivity index (χ3v) is 3.39. The fourth-order valence-electron chi connectivity index (χ4n) is 1.71. The van der Waals surface area contributed by atoms with E-state index in [9.17, 15) is 4.79 Å². The number of halogens is 1. The summed E-state index contributed by atoms with van der Waals surface area (Å²) in [5, 5.41) is 3.64. The van der Waals surface area contributed by atoms with Crippen LogP contribution in [0.5, 0.6) is 0 Å². The van der Waals surface area contributed by atoms with Crippen LogP contribution in [0.3, 0.4) is 0 Å². The van der Waals surface area contributed by atoms with Gasteiger partial charge in [0.05, 0.1) is 25.9 Å². The van der Waals surface area contributed by atoms with Gasteiger partial charge in [-0.2, -0.15) is 0 Å². The Morgan fingerprint density at radius 3 is 2.72 bits per heavy atom. The Morgan fingerprint density at radius 2 is 2.11 bits per heavy atom. The van der Waals surface area contributed by atoms with E-state index in [2.05, 4.69) is 21.2 Å². The van der Waals surface area contributed by atoms with E-state index in [4.69, 9.17) is 9.47 Å². The van der Waals surface area contributed by atoms with Gasteiger partial charge in [0, 0.05) is 17.4 Å². The van der Waals surface area contributed by atoms with Crippen LogP contribution in [0.25, 0.3) is 0 Å². The molecule has 98 valence electrons. The van der Waals surface area contributed by atoms with E-state index < -0.39 is 0 Å². The van der Waals surface area contributed by atoms with E-state index in [1.807, 2.05) is 24.3 Å². The maximum Gasteiger partial charge on any atom is 0.251 e. The molecule has 18 heavy (non-hydrogen) atoms. The molecule has 1 unspecified atom stereocenters. The summed E-state index contributed by atoms with van der Waals surface area (Å²) in [6, 6.07) is 7.52. The Morgan fingerprint density at radius 1 is 1.33 bits per heavy atom. The first-order valence-electron chi connectivity index (χ1n) is 5.92. The van der Waals surface area contributed by atoms with Gasteiger partial charge in [0.15, 0.2) is 0 Å². The number of rotatable bonds is 4. The number of nitrogens with one attached hydrogen (secondary N) is 1. The summed E-state index contributed by atoms with van der Waals surface area (Å²) in [6.45, 7) is 2.26. The molecule has 2 rings (SSSR count). The molecule has 5 heteroatoms. The molecule has 1 aromatic carbocycles. The van der Waals surface area contributed by atoms with Crippen LogP contribution in [0, 0.1) is 0 Å². The summed E-state index contributed by atoms with van der Waals surface area (Å²) >= 11 is 3.37. The Balaban J connectivity index is 1.82. The van der Waals surface area contributed by atoms with Crippen LogP contribution >= 0.6 is 15.9 Å². The maximum absolute atomic E-state index is 11.9. The monoisotopic (exact) mass is 313 g/mol. The molecule has 0 aliphatic carbocycles. The Bertz CT molecular complexity index is 388. The van der Waals surface area contributed by atoms with Crippen molar-refractivity contribution in [3.63, 3.8) is 0 Å². The molecule has 1 fully saturated rings. The molecular weight excluding hydrogens is 298 g/mol. The van der Waals surface area contributed by atoms with Gasteiger partial charge in [-0.3, -0.25) is 4.79 Å². The molecule has 0 aromatic heterocycles. The van der Waals surface area contributed by atoms with E-state index in [1.165, 1.54) is 0 Å². The fraction of sp³-hybridized carbons (Fsp3) is 0.462. The van der Waals surface area contributed by atoms with Crippen molar-refractivity contribution in [3.8, 4) is 0 Å². The summed E-state index contributed by atoms with van der Waals surface area (Å²) in [5.41, 5.74) is 1.81. The number of ether oxygens (including phenoxy) is 2. The fourth-order valence-corrected chi connectivity index (χ4v) is 2.08. The van der Waals surface area contributed by atoms with Crippen LogP contribution in [-0.4, -0.2) is 38.4 Å². The number of alkyl halides is 1. The minimum Gasteiger partial charge on any atom is -0.376 e. The summed E-state index contributed by atoms with van der Waals surface area (Å²) in [7, 11) is 0. The van der Waals surface area contributed by atoms with Crippen LogP contribution < -0.4 is 5.32 Å². The molecule has 1 heterocycles. The molecule has 0 radical (unpaired) electrons. The van der Waals surface area contributed by atoms with E-state index in [0.29, 0.717) is 31.9 Å². The predicted molar refractivity (Wildman–Crippen MR) is 72.0 cm³/mol. The largest absolute Gasteiger partial charge is 0.376 e. The minimum atomic E-state index is -0.0784. The lowest BCUT2D eigenvalue weighted by molar-refractivity contribution is -0.0855. The van der Waals surface area contributed by atoms with Crippen LogP contribution in [0.1, 0.15) is 15.9 Å². The van der Waals surface area contributed by atoms with Crippen molar-refractivity contribution in [3.05, 3.63) is 35.4 Å². The standard InChI is InChI=1S/C13H16BrNO3/c14-7-10-1-3-11(4-2-10)13(16)15-8-12-9-17-5-6-18-12/h1-4,12H,5-9H2,(H,15,16). The van der Waals surface area contributed by atoms with Gasteiger partial charge < -0.3 is 14.8 Å². The van der Waals surface area contributed by atoms with Crippen LogP contribution in [0.2, 0.25) is 0 Å². The molecular formula is C13H16BrNO3. The van der Waals surface area contributed by atoms with Crippen molar-refractivity contribution in [2.45, 2.75) is 11.4 Å². The number of benzene rings is 1. The van der Waals surface area contributed by atoms with Gasteiger partial charge in [-0.25, -0.2) is 0 Å². The number of amides is 1. The van der Waals surface area contributed by atoms with Gasteiger partial charge in [0.2, 0.25) is 0 Å². The quantitative estimate of drug-likeness (QED) is 0.861. The maximum atomic E-state index is 11.9. The average molecular weight is 314 g/mol. The predicted octanol–water partition coefficient (Wildman–Crippen LogP) is 1.73. The molecule has 1 amide bonds. The lowest BCUT2D eigenvalue weighted by atomic mass is 10.1. The summed E-state index contributed by atoms with van der Waals surface area (Å²) < 4.78 is 10.7. The minimum absolute atomic E-state index is 0.0375. The van der Waals surface area contributed by atoms with Crippen LogP contribution in [0.4, 0.5) is 0 Å². The molecule has 1 atom stereocenters. The van der Waals surface area contributed by atoms with Crippen molar-refractivity contribution in [1.29, 1.82) is 0 Å². The van der Waals surface area contributed by atoms with Crippen molar-refractivity contribution in [2.24, 2.45) is 0 Å². The molecule has 1 aliphatic rings. The second-order valence-electron chi connectivity index (χ2n) is 4.11. The highest BCUT2D eigenvalue weighted by Crippen LogP contribution is 2.08. The molecule has 4 nitrogen and oxygen atoms in total. The zero-order valence-electron chi connectivity index (χ0n) is 10.0. The van der Waals surface area contributed by atoms with Gasteiger partial charge in [-0.05, 0) is 17.7 Å². The van der Waals surface area contributed by atoms with Crippen molar-refractivity contribution in [2.75, 3.05) is 26.4 Å². The first-order chi connectivity index (χ1) is 8.79. The second-order valence-corrected chi connectivity index (χ2v) is 4.67. The summed E-state index contributed by atoms with van der Waals surface area (Å²) in [6.07, 6.45) is -0.0375. The Kier molecular flexibility index (Phi) is 5.16. The van der Waals surface area contributed by atoms with E-state index in [1.54, 1.807) is 0 Å². The number of hydrogen-bond donors (Lipinski definition) is 1. The van der Waals surface area contributed by atoms with Gasteiger partial charge in [0.25, 0.3) is 5.91 Å². The molecule has 0 saturated carbocycles. The highest BCUT2D eigenvalue weighted by Gasteiger charge is 2.15. The Labute approximate surface area is 115 Å². The van der Waals surface area contributed by atoms with Crippen LogP contribution in [0.15, 0.2) is 24.3 Å². The zero-order valence-corrected chi connectivity index (χ0v) is 11.6. The Hall–Kier alpha value is -0.910. The average Bonchev–Trinajstić information content (AvgIpc) is 2.46. The molecule has 1 aromatic rings. The zero-order chi connectivity index (χ0) is 12.8. The highest BCUT2D eigenvalue weighted by molar-refractivity contribution is 9.08. The highest BCUT2D eigenvalue weighted by atomic mass is 79.9. The van der Waals surface area contributed by atoms with Crippen LogP contribution in [-0.2, 0) is 14.8 Å². The lowest BCUT2D eigenvalue weighted by Gasteiger charge is -2.23. The van der Waals surface area contributed by atoms with E-state index in [0.717, 1.165) is 10.9 Å². The SMILES string of the molecule is O=C(NCC1COCCO1)c1ccc(CBr)cc1. The second kappa shape index (κ2) is 6.87. The van der Waals surface area contributed by atoms with Crippen molar-refractivity contribution in [1.82, 2.24) is 5.32 Å². The first kappa shape index (κ1) is 13.5. The van der Waals surface area contributed by atoms with Gasteiger partial charge in [-0.15, -0.1) is 0 Å².